The summed E-state index contributed by atoms with van der Waals surface area (Å²) in [6, 6.07) is 0. The first-order valence-corrected chi connectivity index (χ1v) is 3.97. The lowest BCUT2D eigenvalue weighted by Crippen LogP contribution is -1.72. The van der Waals surface area contributed by atoms with Crippen molar-refractivity contribution in [1.82, 2.24) is 0 Å². The first-order valence-electron chi connectivity index (χ1n) is 1.49. The highest BCUT2D eigenvalue weighted by molar-refractivity contribution is 6.45. The molecular formula is C2H4F2Si2. The smallest absolute Gasteiger partial charge is 0.292 e. The molecule has 0 heterocycles. The van der Waals surface area contributed by atoms with Crippen LogP contribution in [-0.2, 0) is 0 Å². The highest BCUT2D eigenvalue weighted by atomic mass is 28.3. The maximum absolute atomic E-state index is 11.0. The Morgan fingerprint density at radius 1 is 1.00 bits per heavy atom. The van der Waals surface area contributed by atoms with Crippen LogP contribution in [0.25, 0.3) is 0 Å². The predicted octanol–water partition coefficient (Wildman–Crippen LogP) is -0.989. The van der Waals surface area contributed by atoms with Crippen LogP contribution in [0.1, 0.15) is 0 Å². The van der Waals surface area contributed by atoms with Gasteiger partial charge in [0.2, 0.25) is 0 Å². The summed E-state index contributed by atoms with van der Waals surface area (Å²) in [7, 11) is -3.33. The Labute approximate surface area is 39.9 Å². The van der Waals surface area contributed by atoms with Crippen LogP contribution in [0.3, 0.4) is 0 Å². The molecule has 0 amide bonds. The van der Waals surface area contributed by atoms with Gasteiger partial charge in [0.15, 0.2) is 0 Å². The van der Waals surface area contributed by atoms with Gasteiger partial charge in [-0.2, -0.15) is 0 Å². The van der Waals surface area contributed by atoms with E-state index in [2.05, 4.69) is 11.1 Å². The standard InChI is InChI=1S/C2H4F2Si2/c3-5-1-2-6-4/h5-6H2. The van der Waals surface area contributed by atoms with Gasteiger partial charge in [-0.25, -0.2) is 0 Å². The summed E-state index contributed by atoms with van der Waals surface area (Å²) in [5.41, 5.74) is 4.21. The Kier molecular flexibility index (Phi) is 4.74. The SMILES string of the molecule is F[SiH2]C#C[SiH2]F. The first kappa shape index (κ1) is 5.85. The average Bonchev–Trinajstić information content (AvgIpc) is 1.61. The molecule has 4 heteroatoms. The molecule has 34 valence electrons. The maximum Gasteiger partial charge on any atom is 0.292 e. The van der Waals surface area contributed by atoms with E-state index in [1.54, 1.807) is 0 Å². The van der Waals surface area contributed by atoms with Gasteiger partial charge in [-0.3, -0.25) is 0 Å². The second-order valence-corrected chi connectivity index (χ2v) is 1.86. The van der Waals surface area contributed by atoms with Crippen LogP contribution >= 0.6 is 0 Å². The Morgan fingerprint density at radius 2 is 1.33 bits per heavy atom. The fourth-order valence-electron chi connectivity index (χ4n) is 0.0945. The molecule has 0 radical (unpaired) electrons. The topological polar surface area (TPSA) is 0 Å². The van der Waals surface area contributed by atoms with E-state index in [0.717, 1.165) is 0 Å². The third-order valence-corrected chi connectivity index (χ3v) is 1.53. The second kappa shape index (κ2) is 4.85. The van der Waals surface area contributed by atoms with E-state index in [1.807, 2.05) is 0 Å². The van der Waals surface area contributed by atoms with Gasteiger partial charge in [0.1, 0.15) is 0 Å². The van der Waals surface area contributed by atoms with Crippen molar-refractivity contribution in [2.24, 2.45) is 0 Å². The summed E-state index contributed by atoms with van der Waals surface area (Å²) in [6.07, 6.45) is 0. The molecule has 0 aliphatic heterocycles. The highest BCUT2D eigenvalue weighted by Gasteiger charge is 1.65. The van der Waals surface area contributed by atoms with Crippen molar-refractivity contribution in [3.8, 4) is 11.1 Å². The predicted molar refractivity (Wildman–Crippen MR) is 27.1 cm³/mol. The number of hydrogen-bond acceptors (Lipinski definition) is 0. The molecule has 0 saturated carbocycles. The van der Waals surface area contributed by atoms with Gasteiger partial charge in [0, 0.05) is 0 Å². The highest BCUT2D eigenvalue weighted by Crippen LogP contribution is 1.55. The quantitative estimate of drug-likeness (QED) is 0.220. The van der Waals surface area contributed by atoms with Gasteiger partial charge in [-0.1, -0.05) is 0 Å². The summed E-state index contributed by atoms with van der Waals surface area (Å²) >= 11 is 0. The molecule has 0 unspecified atom stereocenters. The minimum Gasteiger partial charge on any atom is -0.306 e. The summed E-state index contributed by atoms with van der Waals surface area (Å²) in [4.78, 5) is 0. The molecule has 0 aromatic rings. The third-order valence-electron chi connectivity index (χ3n) is 0.259. The minimum atomic E-state index is -1.66. The van der Waals surface area contributed by atoms with E-state index in [9.17, 15) is 8.22 Å². The average molecular weight is 122 g/mol. The van der Waals surface area contributed by atoms with E-state index >= 15 is 0 Å². The van der Waals surface area contributed by atoms with Gasteiger partial charge in [0.05, 0.1) is 0 Å². The number of hydrogen-bond donors (Lipinski definition) is 0. The molecule has 0 aromatic carbocycles. The zero-order valence-electron chi connectivity index (χ0n) is 3.17. The van der Waals surface area contributed by atoms with Gasteiger partial charge in [0.25, 0.3) is 19.7 Å². The maximum atomic E-state index is 11.0. The van der Waals surface area contributed by atoms with E-state index in [0.29, 0.717) is 0 Å². The summed E-state index contributed by atoms with van der Waals surface area (Å²) in [5, 5.41) is 0. The minimum absolute atomic E-state index is 1.66. The Hall–Kier alpha value is -0.146. The van der Waals surface area contributed by atoms with Crippen molar-refractivity contribution in [1.29, 1.82) is 0 Å². The van der Waals surface area contributed by atoms with E-state index in [1.165, 1.54) is 0 Å². The molecule has 0 bridgehead atoms. The summed E-state index contributed by atoms with van der Waals surface area (Å²) in [6.45, 7) is 0. The van der Waals surface area contributed by atoms with E-state index in [-0.39, 0.29) is 0 Å². The Balaban J connectivity index is 2.90. The zero-order chi connectivity index (χ0) is 4.83. The molecule has 0 N–H and O–H groups in total. The third kappa shape index (κ3) is 3.85. The van der Waals surface area contributed by atoms with Crippen molar-refractivity contribution in [2.75, 3.05) is 0 Å². The largest absolute Gasteiger partial charge is 0.306 e. The van der Waals surface area contributed by atoms with Crippen LogP contribution in [-0.4, -0.2) is 19.7 Å². The monoisotopic (exact) mass is 122 g/mol. The second-order valence-electron chi connectivity index (χ2n) is 0.621. The van der Waals surface area contributed by atoms with Crippen molar-refractivity contribution in [3.05, 3.63) is 0 Å². The van der Waals surface area contributed by atoms with Crippen molar-refractivity contribution >= 4 is 19.7 Å². The van der Waals surface area contributed by atoms with Gasteiger partial charge >= 0.3 is 0 Å². The number of rotatable bonds is 0. The van der Waals surface area contributed by atoms with Crippen LogP contribution in [0.2, 0.25) is 0 Å². The van der Waals surface area contributed by atoms with Crippen LogP contribution in [0.4, 0.5) is 8.22 Å². The normalized spacial score (nSPS) is 10.3. The lowest BCUT2D eigenvalue weighted by atomic mass is 11.4. The van der Waals surface area contributed by atoms with Crippen LogP contribution in [0, 0.1) is 11.1 Å². The lowest BCUT2D eigenvalue weighted by molar-refractivity contribution is 0.883. The molecule has 0 atom stereocenters. The Bertz CT molecular complexity index is 63.4. The van der Waals surface area contributed by atoms with Gasteiger partial charge in [-0.15, -0.1) is 11.1 Å². The molecule has 6 heavy (non-hydrogen) atoms. The fourth-order valence-corrected chi connectivity index (χ4v) is 0.850. The summed E-state index contributed by atoms with van der Waals surface area (Å²) < 4.78 is 22.0. The van der Waals surface area contributed by atoms with E-state index < -0.39 is 19.7 Å². The van der Waals surface area contributed by atoms with Crippen molar-refractivity contribution in [2.45, 2.75) is 0 Å². The molecule has 0 aliphatic rings. The first-order chi connectivity index (χ1) is 2.91. The van der Waals surface area contributed by atoms with E-state index in [4.69, 9.17) is 0 Å². The molecule has 0 aliphatic carbocycles. The molecule has 0 aromatic heterocycles. The Morgan fingerprint density at radius 3 is 1.50 bits per heavy atom. The fraction of sp³-hybridized carbons (Fsp3) is 0. The van der Waals surface area contributed by atoms with Crippen LogP contribution in [0.5, 0.6) is 0 Å². The van der Waals surface area contributed by atoms with Crippen LogP contribution in [0.15, 0.2) is 0 Å². The van der Waals surface area contributed by atoms with Gasteiger partial charge in [-0.05, 0) is 0 Å². The number of halogens is 2. The van der Waals surface area contributed by atoms with Crippen molar-refractivity contribution < 1.29 is 8.22 Å². The molecule has 0 fully saturated rings. The van der Waals surface area contributed by atoms with Gasteiger partial charge < -0.3 is 8.22 Å². The van der Waals surface area contributed by atoms with Crippen molar-refractivity contribution in [3.63, 3.8) is 0 Å². The zero-order valence-corrected chi connectivity index (χ0v) is 6.00. The molecular weight excluding hydrogens is 118 g/mol. The lowest BCUT2D eigenvalue weighted by Gasteiger charge is -1.59. The molecule has 0 saturated heterocycles. The molecule has 0 rings (SSSR count). The molecule has 0 nitrogen and oxygen atoms in total. The van der Waals surface area contributed by atoms with Crippen LogP contribution < -0.4 is 0 Å². The molecule has 0 spiro atoms. The summed E-state index contributed by atoms with van der Waals surface area (Å²) in [5.74, 6) is 0.